The lowest BCUT2D eigenvalue weighted by atomic mass is 10.1. The highest BCUT2D eigenvalue weighted by atomic mass is 35.5. The van der Waals surface area contributed by atoms with Gasteiger partial charge in [-0.2, -0.15) is 0 Å². The van der Waals surface area contributed by atoms with Crippen molar-refractivity contribution >= 4 is 33.8 Å². The number of nitrogens with zero attached hydrogens (tertiary/aromatic N) is 2. The number of rotatable bonds is 1. The molecule has 3 rings (SSSR count). The summed E-state index contributed by atoms with van der Waals surface area (Å²) in [6.45, 7) is 3.90. The van der Waals surface area contributed by atoms with Crippen LogP contribution in [0.3, 0.4) is 0 Å². The highest BCUT2D eigenvalue weighted by molar-refractivity contribution is 7.15. The first-order valence-electron chi connectivity index (χ1n) is 5.75. The molecular weight excluding hydrogens is 283 g/mol. The van der Waals surface area contributed by atoms with Crippen LogP contribution < -0.4 is 0 Å². The number of fused-ring (bicyclic) bond motifs is 1. The number of halogens is 2. The van der Waals surface area contributed by atoms with Gasteiger partial charge in [0.05, 0.1) is 15.8 Å². The minimum atomic E-state index is -0.389. The summed E-state index contributed by atoms with van der Waals surface area (Å²) in [5.41, 5.74) is 1.45. The maximum atomic E-state index is 13.8. The van der Waals surface area contributed by atoms with E-state index in [0.29, 0.717) is 16.7 Å². The van der Waals surface area contributed by atoms with Crippen molar-refractivity contribution in [1.29, 1.82) is 0 Å². The van der Waals surface area contributed by atoms with Gasteiger partial charge in [0.2, 0.25) is 0 Å². The summed E-state index contributed by atoms with van der Waals surface area (Å²) in [7, 11) is 0. The van der Waals surface area contributed by atoms with E-state index in [1.165, 1.54) is 10.9 Å². The number of aromatic nitrogens is 2. The van der Waals surface area contributed by atoms with Crippen molar-refractivity contribution in [2.75, 3.05) is 0 Å². The SMILES string of the molecule is Cc1ccc(-c2nc(Cl)c3c(F)ccc(C)c3n2)s1. The Kier molecular flexibility index (Phi) is 2.99. The van der Waals surface area contributed by atoms with Crippen molar-refractivity contribution < 1.29 is 4.39 Å². The van der Waals surface area contributed by atoms with E-state index in [1.807, 2.05) is 26.0 Å². The summed E-state index contributed by atoms with van der Waals surface area (Å²) in [5.74, 6) is 0.156. The molecule has 0 aliphatic heterocycles. The summed E-state index contributed by atoms with van der Waals surface area (Å²) < 4.78 is 13.8. The van der Waals surface area contributed by atoms with Crippen molar-refractivity contribution in [3.63, 3.8) is 0 Å². The largest absolute Gasteiger partial charge is 0.227 e. The van der Waals surface area contributed by atoms with Gasteiger partial charge in [-0.1, -0.05) is 17.7 Å². The minimum absolute atomic E-state index is 0.159. The second-order valence-corrected chi connectivity index (χ2v) is 5.98. The molecule has 3 aromatic rings. The standard InChI is InChI=1S/C14H10ClFN2S/c1-7-3-5-9(16)11-12(7)17-14(18-13(11)15)10-6-4-8(2)19-10/h3-6H,1-2H3. The van der Waals surface area contributed by atoms with Crippen LogP contribution in [-0.4, -0.2) is 9.97 Å². The molecule has 0 spiro atoms. The zero-order chi connectivity index (χ0) is 13.6. The Bertz CT molecular complexity index is 782. The zero-order valence-corrected chi connectivity index (χ0v) is 11.9. The molecule has 0 bridgehead atoms. The first-order chi connectivity index (χ1) is 9.06. The van der Waals surface area contributed by atoms with E-state index in [1.54, 1.807) is 17.4 Å². The molecule has 0 aliphatic rings. The fraction of sp³-hybridized carbons (Fsp3) is 0.143. The second-order valence-electron chi connectivity index (χ2n) is 4.34. The Morgan fingerprint density at radius 1 is 1.11 bits per heavy atom. The first-order valence-corrected chi connectivity index (χ1v) is 6.95. The Morgan fingerprint density at radius 3 is 2.58 bits per heavy atom. The van der Waals surface area contributed by atoms with E-state index in [2.05, 4.69) is 9.97 Å². The molecule has 0 N–H and O–H groups in total. The summed E-state index contributed by atoms with van der Waals surface area (Å²) in [6.07, 6.45) is 0. The van der Waals surface area contributed by atoms with Gasteiger partial charge in [-0.3, -0.25) is 0 Å². The van der Waals surface area contributed by atoms with Crippen LogP contribution in [-0.2, 0) is 0 Å². The van der Waals surface area contributed by atoms with Crippen LogP contribution in [0.25, 0.3) is 21.6 Å². The summed E-state index contributed by atoms with van der Waals surface area (Å²) in [6, 6.07) is 7.04. The molecule has 5 heteroatoms. The minimum Gasteiger partial charge on any atom is -0.227 e. The summed E-state index contributed by atoms with van der Waals surface area (Å²) in [5, 5.41) is 0.450. The fourth-order valence-electron chi connectivity index (χ4n) is 1.96. The normalized spacial score (nSPS) is 11.2. The topological polar surface area (TPSA) is 25.8 Å². The molecule has 2 heterocycles. The van der Waals surface area contributed by atoms with Gasteiger partial charge in [-0.25, -0.2) is 14.4 Å². The van der Waals surface area contributed by atoms with E-state index >= 15 is 0 Å². The molecular formula is C14H10ClFN2S. The van der Waals surface area contributed by atoms with Crippen molar-refractivity contribution in [1.82, 2.24) is 9.97 Å². The van der Waals surface area contributed by atoms with Crippen LogP contribution in [0, 0.1) is 19.7 Å². The molecule has 0 saturated heterocycles. The molecule has 19 heavy (non-hydrogen) atoms. The maximum Gasteiger partial charge on any atom is 0.171 e. The molecule has 0 aliphatic carbocycles. The zero-order valence-electron chi connectivity index (χ0n) is 10.4. The average Bonchev–Trinajstić information content (AvgIpc) is 2.80. The first kappa shape index (κ1) is 12.5. The van der Waals surface area contributed by atoms with E-state index < -0.39 is 0 Å². The lowest BCUT2D eigenvalue weighted by molar-refractivity contribution is 0.639. The lowest BCUT2D eigenvalue weighted by Crippen LogP contribution is -1.94. The van der Waals surface area contributed by atoms with Crippen LogP contribution in [0.1, 0.15) is 10.4 Å². The summed E-state index contributed by atoms with van der Waals surface area (Å²) in [4.78, 5) is 10.8. The Morgan fingerprint density at radius 2 is 1.89 bits per heavy atom. The third kappa shape index (κ3) is 2.11. The monoisotopic (exact) mass is 292 g/mol. The Balaban J connectivity index is 2.33. The Labute approximate surface area is 118 Å². The van der Waals surface area contributed by atoms with Gasteiger partial charge in [0.1, 0.15) is 11.0 Å². The average molecular weight is 293 g/mol. The molecule has 0 amide bonds. The van der Waals surface area contributed by atoms with Gasteiger partial charge in [0, 0.05) is 4.88 Å². The number of hydrogen-bond donors (Lipinski definition) is 0. The van der Waals surface area contributed by atoms with Gasteiger partial charge < -0.3 is 0 Å². The van der Waals surface area contributed by atoms with E-state index in [9.17, 15) is 4.39 Å². The van der Waals surface area contributed by atoms with Gasteiger partial charge in [0.15, 0.2) is 5.82 Å². The smallest absolute Gasteiger partial charge is 0.171 e. The second kappa shape index (κ2) is 4.54. The highest BCUT2D eigenvalue weighted by Gasteiger charge is 2.14. The molecule has 0 radical (unpaired) electrons. The quantitative estimate of drug-likeness (QED) is 0.604. The van der Waals surface area contributed by atoms with Crippen LogP contribution in [0.5, 0.6) is 0 Å². The van der Waals surface area contributed by atoms with Gasteiger partial charge in [-0.05, 0) is 37.6 Å². The molecule has 2 aromatic heterocycles. The predicted octanol–water partition coefficient (Wildman–Crippen LogP) is 4.77. The van der Waals surface area contributed by atoms with Crippen LogP contribution in [0.4, 0.5) is 4.39 Å². The van der Waals surface area contributed by atoms with Gasteiger partial charge >= 0.3 is 0 Å². The molecule has 2 nitrogen and oxygen atoms in total. The number of aryl methyl sites for hydroxylation is 2. The van der Waals surface area contributed by atoms with Gasteiger partial charge in [-0.15, -0.1) is 11.3 Å². The lowest BCUT2D eigenvalue weighted by Gasteiger charge is -2.06. The van der Waals surface area contributed by atoms with Crippen molar-refractivity contribution in [3.05, 3.63) is 45.7 Å². The van der Waals surface area contributed by atoms with E-state index in [4.69, 9.17) is 11.6 Å². The van der Waals surface area contributed by atoms with Crippen molar-refractivity contribution in [2.24, 2.45) is 0 Å². The van der Waals surface area contributed by atoms with E-state index in [0.717, 1.165) is 10.4 Å². The Hall–Kier alpha value is -1.52. The molecule has 0 fully saturated rings. The van der Waals surface area contributed by atoms with Crippen LogP contribution in [0.15, 0.2) is 24.3 Å². The fourth-order valence-corrected chi connectivity index (χ4v) is 3.02. The van der Waals surface area contributed by atoms with Crippen molar-refractivity contribution in [3.8, 4) is 10.7 Å². The van der Waals surface area contributed by atoms with Crippen molar-refractivity contribution in [2.45, 2.75) is 13.8 Å². The maximum absolute atomic E-state index is 13.8. The number of hydrogen-bond acceptors (Lipinski definition) is 3. The van der Waals surface area contributed by atoms with Crippen LogP contribution in [0.2, 0.25) is 5.15 Å². The predicted molar refractivity (Wildman–Crippen MR) is 77.3 cm³/mol. The van der Waals surface area contributed by atoms with E-state index in [-0.39, 0.29) is 11.0 Å². The number of thiophene rings is 1. The molecule has 0 unspecified atom stereocenters. The molecule has 0 saturated carbocycles. The molecule has 0 atom stereocenters. The molecule has 96 valence electrons. The molecule has 1 aromatic carbocycles. The summed E-state index contributed by atoms with van der Waals surface area (Å²) >= 11 is 7.70. The number of benzene rings is 1. The van der Waals surface area contributed by atoms with Crippen LogP contribution >= 0.6 is 22.9 Å². The third-order valence-corrected chi connectivity index (χ3v) is 4.19. The third-order valence-electron chi connectivity index (χ3n) is 2.92. The van der Waals surface area contributed by atoms with Gasteiger partial charge in [0.25, 0.3) is 0 Å². The highest BCUT2D eigenvalue weighted by Crippen LogP contribution is 2.31.